The van der Waals surface area contributed by atoms with Gasteiger partial charge in [-0.3, -0.25) is 4.68 Å². The first-order valence-corrected chi connectivity index (χ1v) is 4.85. The molecule has 1 aromatic carbocycles. The number of hydrogen-bond acceptors (Lipinski definition) is 3. The molecule has 0 fully saturated rings. The fraction of sp³-hybridized carbons (Fsp3) is 0.200. The van der Waals surface area contributed by atoms with Crippen LogP contribution in [-0.2, 0) is 13.7 Å². The van der Waals surface area contributed by atoms with Crippen LogP contribution in [-0.4, -0.2) is 14.8 Å². The monoisotopic (exact) mass is 223 g/mol. The topological polar surface area (TPSA) is 39.9 Å². The second-order valence-electron chi connectivity index (χ2n) is 3.05. The maximum absolute atomic E-state index is 5.82. The summed E-state index contributed by atoms with van der Waals surface area (Å²) in [6, 6.07) is 7.26. The molecule has 0 spiro atoms. The fourth-order valence-electron chi connectivity index (χ4n) is 1.16. The van der Waals surface area contributed by atoms with Crippen molar-refractivity contribution in [2.45, 2.75) is 6.61 Å². The van der Waals surface area contributed by atoms with Crippen LogP contribution in [0.5, 0.6) is 5.75 Å². The highest BCUT2D eigenvalue weighted by Gasteiger charge is 2.01. The number of halogens is 1. The minimum atomic E-state index is 0.386. The largest absolute Gasteiger partial charge is 0.486 e. The number of ether oxygens (including phenoxy) is 1. The lowest BCUT2D eigenvalue weighted by Crippen LogP contribution is -2.04. The molecule has 4 nitrogen and oxygen atoms in total. The zero-order valence-electron chi connectivity index (χ0n) is 8.22. The van der Waals surface area contributed by atoms with Crippen molar-refractivity contribution >= 4 is 11.6 Å². The summed E-state index contributed by atoms with van der Waals surface area (Å²) in [5.41, 5.74) is 0. The maximum atomic E-state index is 5.82. The highest BCUT2D eigenvalue weighted by molar-refractivity contribution is 6.30. The minimum Gasteiger partial charge on any atom is -0.486 e. The Morgan fingerprint density at radius 3 is 3.00 bits per heavy atom. The summed E-state index contributed by atoms with van der Waals surface area (Å²) in [5.74, 6) is 1.50. The van der Waals surface area contributed by atoms with Crippen molar-refractivity contribution in [2.75, 3.05) is 0 Å². The smallest absolute Gasteiger partial charge is 0.164 e. The summed E-state index contributed by atoms with van der Waals surface area (Å²) >= 11 is 5.82. The van der Waals surface area contributed by atoms with Crippen LogP contribution in [0.25, 0.3) is 0 Å². The number of hydrogen-bond donors (Lipinski definition) is 0. The first-order chi connectivity index (χ1) is 7.25. The zero-order chi connectivity index (χ0) is 10.7. The molecule has 0 aliphatic heterocycles. The highest BCUT2D eigenvalue weighted by Crippen LogP contribution is 2.17. The third kappa shape index (κ3) is 2.47. The van der Waals surface area contributed by atoms with Gasteiger partial charge in [0.25, 0.3) is 0 Å². The van der Waals surface area contributed by atoms with E-state index in [1.165, 1.54) is 6.33 Å². The summed E-state index contributed by atoms with van der Waals surface area (Å²) < 4.78 is 7.18. The van der Waals surface area contributed by atoms with Crippen molar-refractivity contribution in [3.05, 3.63) is 41.4 Å². The summed E-state index contributed by atoms with van der Waals surface area (Å²) in [6.07, 6.45) is 1.50. The third-order valence-corrected chi connectivity index (χ3v) is 2.20. The summed E-state index contributed by atoms with van der Waals surface area (Å²) in [4.78, 5) is 4.05. The molecule has 0 bridgehead atoms. The van der Waals surface area contributed by atoms with Crippen LogP contribution in [0.2, 0.25) is 5.02 Å². The lowest BCUT2D eigenvalue weighted by atomic mass is 10.3. The molecule has 0 aliphatic carbocycles. The van der Waals surface area contributed by atoms with Crippen molar-refractivity contribution in [3.8, 4) is 5.75 Å². The lowest BCUT2D eigenvalue weighted by molar-refractivity contribution is 0.290. The van der Waals surface area contributed by atoms with Gasteiger partial charge in [0.1, 0.15) is 18.7 Å². The van der Waals surface area contributed by atoms with Crippen LogP contribution in [0, 0.1) is 0 Å². The predicted molar refractivity (Wildman–Crippen MR) is 56.8 cm³/mol. The van der Waals surface area contributed by atoms with Gasteiger partial charge in [-0.2, -0.15) is 5.10 Å². The fourth-order valence-corrected chi connectivity index (χ4v) is 1.34. The van der Waals surface area contributed by atoms with Gasteiger partial charge in [-0.15, -0.1) is 0 Å². The predicted octanol–water partition coefficient (Wildman–Crippen LogP) is 2.05. The number of nitrogens with zero attached hydrogens (tertiary/aromatic N) is 3. The van der Waals surface area contributed by atoms with Crippen LogP contribution in [0.4, 0.5) is 0 Å². The molecular weight excluding hydrogens is 214 g/mol. The van der Waals surface area contributed by atoms with Gasteiger partial charge >= 0.3 is 0 Å². The number of aryl methyl sites for hydroxylation is 1. The normalized spacial score (nSPS) is 10.3. The van der Waals surface area contributed by atoms with Crippen LogP contribution in [0.3, 0.4) is 0 Å². The Hall–Kier alpha value is -1.55. The van der Waals surface area contributed by atoms with Crippen LogP contribution in [0.1, 0.15) is 5.82 Å². The number of benzene rings is 1. The highest BCUT2D eigenvalue weighted by atomic mass is 35.5. The Bertz CT molecular complexity index is 455. The molecule has 0 aliphatic rings. The van der Waals surface area contributed by atoms with E-state index in [9.17, 15) is 0 Å². The SMILES string of the molecule is Cn1ncnc1COc1cccc(Cl)c1. The molecule has 0 radical (unpaired) electrons. The van der Waals surface area contributed by atoms with Gasteiger partial charge in [0.05, 0.1) is 0 Å². The van der Waals surface area contributed by atoms with Crippen molar-refractivity contribution in [1.82, 2.24) is 14.8 Å². The third-order valence-electron chi connectivity index (χ3n) is 1.97. The quantitative estimate of drug-likeness (QED) is 0.800. The molecule has 0 atom stereocenters. The molecule has 0 N–H and O–H groups in total. The average Bonchev–Trinajstić information content (AvgIpc) is 2.61. The van der Waals surface area contributed by atoms with E-state index in [2.05, 4.69) is 10.1 Å². The van der Waals surface area contributed by atoms with Gasteiger partial charge in [-0.1, -0.05) is 17.7 Å². The van der Waals surface area contributed by atoms with Gasteiger partial charge in [0.15, 0.2) is 5.82 Å². The van der Waals surface area contributed by atoms with Gasteiger partial charge in [0, 0.05) is 12.1 Å². The zero-order valence-corrected chi connectivity index (χ0v) is 8.98. The van der Waals surface area contributed by atoms with Crippen molar-refractivity contribution in [2.24, 2.45) is 7.05 Å². The second-order valence-corrected chi connectivity index (χ2v) is 3.48. The van der Waals surface area contributed by atoms with E-state index >= 15 is 0 Å². The average molecular weight is 224 g/mol. The molecule has 0 amide bonds. The van der Waals surface area contributed by atoms with E-state index in [0.717, 1.165) is 11.6 Å². The molecule has 78 valence electrons. The van der Waals surface area contributed by atoms with Crippen molar-refractivity contribution in [1.29, 1.82) is 0 Å². The lowest BCUT2D eigenvalue weighted by Gasteiger charge is -2.05. The summed E-state index contributed by atoms with van der Waals surface area (Å²) in [5, 5.41) is 4.60. The van der Waals surface area contributed by atoms with Gasteiger partial charge < -0.3 is 4.74 Å². The standard InChI is InChI=1S/C10H10ClN3O/c1-14-10(12-7-13-14)6-15-9-4-2-3-8(11)5-9/h2-5,7H,6H2,1H3. The minimum absolute atomic E-state index is 0.386. The molecule has 1 heterocycles. The molecule has 2 rings (SSSR count). The molecule has 0 unspecified atom stereocenters. The Morgan fingerprint density at radius 2 is 2.33 bits per heavy atom. The van der Waals surface area contributed by atoms with E-state index in [0.29, 0.717) is 11.6 Å². The first kappa shape index (κ1) is 9.98. The molecule has 1 aromatic heterocycles. The molecule has 5 heteroatoms. The molecule has 0 saturated heterocycles. The molecular formula is C10H10ClN3O. The summed E-state index contributed by atoms with van der Waals surface area (Å²) in [6.45, 7) is 0.386. The Kier molecular flexibility index (Phi) is 2.87. The van der Waals surface area contributed by atoms with Crippen LogP contribution in [0.15, 0.2) is 30.6 Å². The Morgan fingerprint density at radius 1 is 1.47 bits per heavy atom. The van der Waals surface area contributed by atoms with E-state index < -0.39 is 0 Å². The number of aromatic nitrogens is 3. The Labute approximate surface area is 92.5 Å². The first-order valence-electron chi connectivity index (χ1n) is 4.47. The van der Waals surface area contributed by atoms with Gasteiger partial charge in [-0.25, -0.2) is 4.98 Å². The second kappa shape index (κ2) is 4.31. The van der Waals surface area contributed by atoms with E-state index in [4.69, 9.17) is 16.3 Å². The van der Waals surface area contributed by atoms with E-state index in [1.807, 2.05) is 19.2 Å². The van der Waals surface area contributed by atoms with Crippen LogP contribution < -0.4 is 4.74 Å². The summed E-state index contributed by atoms with van der Waals surface area (Å²) in [7, 11) is 1.82. The number of rotatable bonds is 3. The molecule has 0 saturated carbocycles. The van der Waals surface area contributed by atoms with Gasteiger partial charge in [0.2, 0.25) is 0 Å². The maximum Gasteiger partial charge on any atom is 0.164 e. The van der Waals surface area contributed by atoms with E-state index in [-0.39, 0.29) is 0 Å². The molecule has 2 aromatic rings. The van der Waals surface area contributed by atoms with Crippen LogP contribution >= 0.6 is 11.6 Å². The van der Waals surface area contributed by atoms with Crippen molar-refractivity contribution in [3.63, 3.8) is 0 Å². The molecule has 15 heavy (non-hydrogen) atoms. The van der Waals surface area contributed by atoms with Crippen molar-refractivity contribution < 1.29 is 4.74 Å². The van der Waals surface area contributed by atoms with Gasteiger partial charge in [-0.05, 0) is 18.2 Å². The van der Waals surface area contributed by atoms with E-state index in [1.54, 1.807) is 16.8 Å². The Balaban J connectivity index is 2.02.